The van der Waals surface area contributed by atoms with Crippen molar-refractivity contribution >= 4 is 47.0 Å². The first-order chi connectivity index (χ1) is 26.0. The molecule has 14 heteroatoms. The van der Waals surface area contributed by atoms with Crippen LogP contribution < -0.4 is 5.73 Å². The van der Waals surface area contributed by atoms with E-state index < -0.39 is 30.2 Å². The maximum atomic E-state index is 14.2. The summed E-state index contributed by atoms with van der Waals surface area (Å²) in [7, 11) is 0. The summed E-state index contributed by atoms with van der Waals surface area (Å²) in [6.45, 7) is 0. The smallest absolute Gasteiger partial charge is 0.356 e. The lowest BCUT2D eigenvalue weighted by molar-refractivity contribution is -0.153. The van der Waals surface area contributed by atoms with E-state index in [0.29, 0.717) is 16.4 Å². The molecule has 6 aromatic rings. The number of hydrogen-bond acceptors (Lipinski definition) is 12. The molecule has 1 fully saturated rings. The van der Waals surface area contributed by atoms with E-state index in [9.17, 15) is 14.4 Å². The van der Waals surface area contributed by atoms with Crippen LogP contribution in [-0.2, 0) is 19.1 Å². The summed E-state index contributed by atoms with van der Waals surface area (Å²) >= 11 is 2.75. The zero-order valence-electron chi connectivity index (χ0n) is 28.0. The van der Waals surface area contributed by atoms with Crippen LogP contribution >= 0.6 is 23.5 Å². The highest BCUT2D eigenvalue weighted by atomic mass is 32.2. The Balaban J connectivity index is 1.09. The zero-order valence-corrected chi connectivity index (χ0v) is 29.6. The minimum atomic E-state index is -0.718. The first-order valence-electron chi connectivity index (χ1n) is 16.7. The number of thioether (sulfide) groups is 2. The molecule has 0 unspecified atom stereocenters. The van der Waals surface area contributed by atoms with Gasteiger partial charge in [0.1, 0.15) is 27.7 Å². The van der Waals surface area contributed by atoms with Gasteiger partial charge in [0.05, 0.1) is 0 Å². The molecule has 1 saturated heterocycles. The van der Waals surface area contributed by atoms with Gasteiger partial charge < -0.3 is 15.2 Å². The van der Waals surface area contributed by atoms with Gasteiger partial charge in [-0.1, -0.05) is 133 Å². The topological polar surface area (TPSA) is 155 Å². The number of fused-ring (bicyclic) bond motifs is 2. The van der Waals surface area contributed by atoms with Crippen LogP contribution in [0.15, 0.2) is 144 Å². The Bertz CT molecular complexity index is 2230. The number of nitrogens with two attached hydrogens (primary N) is 1. The first kappa shape index (κ1) is 34.3. The van der Waals surface area contributed by atoms with Crippen molar-refractivity contribution in [2.45, 2.75) is 28.6 Å². The number of β-lactam (4-membered cyclic amide) rings is 1. The van der Waals surface area contributed by atoms with Gasteiger partial charge in [-0.3, -0.25) is 9.69 Å². The maximum Gasteiger partial charge on any atom is 0.356 e. The molecule has 12 nitrogen and oxygen atoms in total. The van der Waals surface area contributed by atoms with Crippen molar-refractivity contribution in [2.75, 3.05) is 11.5 Å². The Kier molecular flexibility index (Phi) is 9.72. The van der Waals surface area contributed by atoms with E-state index in [4.69, 9.17) is 15.2 Å². The first-order valence-corrected chi connectivity index (χ1v) is 18.8. The fraction of sp³-hybridized carbons (Fsp3) is 0.154. The molecule has 2 N–H and O–H groups in total. The van der Waals surface area contributed by atoms with Crippen molar-refractivity contribution in [1.29, 1.82) is 0 Å². The van der Waals surface area contributed by atoms with Crippen LogP contribution in [-0.4, -0.2) is 70.9 Å². The Morgan fingerprint density at radius 2 is 1.30 bits per heavy atom. The van der Waals surface area contributed by atoms with E-state index in [1.165, 1.54) is 33.1 Å². The van der Waals surface area contributed by atoms with Gasteiger partial charge in [0.15, 0.2) is 12.2 Å². The van der Waals surface area contributed by atoms with Gasteiger partial charge in [0.25, 0.3) is 0 Å². The van der Waals surface area contributed by atoms with Crippen molar-refractivity contribution in [3.05, 3.63) is 166 Å². The van der Waals surface area contributed by atoms with Crippen molar-refractivity contribution in [2.24, 2.45) is 5.73 Å². The number of carbonyl (C=O) groups excluding carboxylic acids is 3. The lowest BCUT2D eigenvalue weighted by Crippen LogP contribution is -2.68. The lowest BCUT2D eigenvalue weighted by Gasteiger charge is -2.48. The molecule has 0 radical (unpaired) electrons. The van der Waals surface area contributed by atoms with Gasteiger partial charge >= 0.3 is 11.9 Å². The number of tetrazole rings is 1. The molecule has 0 spiro atoms. The van der Waals surface area contributed by atoms with Gasteiger partial charge in [-0.2, -0.15) is 0 Å². The minimum absolute atomic E-state index is 0.119. The highest BCUT2D eigenvalue weighted by Crippen LogP contribution is 2.42. The predicted octanol–water partition coefficient (Wildman–Crippen LogP) is 5.39. The Morgan fingerprint density at radius 3 is 1.83 bits per heavy atom. The molecule has 4 aromatic carbocycles. The second-order valence-electron chi connectivity index (χ2n) is 12.3. The summed E-state index contributed by atoms with van der Waals surface area (Å²) in [5.74, 6) is -0.948. The van der Waals surface area contributed by atoms with Gasteiger partial charge in [0, 0.05) is 11.5 Å². The molecule has 0 saturated carbocycles. The van der Waals surface area contributed by atoms with Crippen LogP contribution in [0.5, 0.6) is 0 Å². The number of hydrogen-bond donors (Lipinski definition) is 1. The molecule has 2 atom stereocenters. The van der Waals surface area contributed by atoms with E-state index in [1.807, 2.05) is 121 Å². The quantitative estimate of drug-likeness (QED) is 0.103. The number of benzene rings is 4. The van der Waals surface area contributed by atoms with Crippen LogP contribution in [0.2, 0.25) is 0 Å². The molecular formula is C39H31N7O5S2. The van der Waals surface area contributed by atoms with Gasteiger partial charge in [-0.25, -0.2) is 9.59 Å². The Hall–Kier alpha value is -5.83. The fourth-order valence-electron chi connectivity index (χ4n) is 6.28. The lowest BCUT2D eigenvalue weighted by atomic mass is 10.0. The molecule has 53 heavy (non-hydrogen) atoms. The molecule has 4 heterocycles. The molecule has 264 valence electrons. The van der Waals surface area contributed by atoms with E-state index in [1.54, 1.807) is 6.07 Å². The van der Waals surface area contributed by atoms with Crippen molar-refractivity contribution in [3.63, 3.8) is 0 Å². The van der Waals surface area contributed by atoms with Crippen molar-refractivity contribution in [3.8, 4) is 0 Å². The average Bonchev–Trinajstić information content (AvgIpc) is 3.70. The van der Waals surface area contributed by atoms with Crippen LogP contribution in [0.3, 0.4) is 0 Å². The molecule has 2 aromatic heterocycles. The van der Waals surface area contributed by atoms with Crippen LogP contribution in [0.4, 0.5) is 0 Å². The van der Waals surface area contributed by atoms with E-state index >= 15 is 0 Å². The SMILES string of the molecule is N[C@@H]1C(=O)N2C(C(=O)OC(c3ccccc3)c3ccccc3)=C(CSc3cc(C(=O)OC(c4ccccc4)c4ccccc4)c4nnnn4n3)CS[C@H]12. The maximum absolute atomic E-state index is 14.2. The number of ether oxygens (including phenoxy) is 2. The van der Waals surface area contributed by atoms with E-state index in [2.05, 4.69) is 20.6 Å². The summed E-state index contributed by atoms with van der Waals surface area (Å²) in [5, 5.41) is 16.3. The summed E-state index contributed by atoms with van der Waals surface area (Å²) in [5.41, 5.74) is 10.4. The molecule has 0 bridgehead atoms. The summed E-state index contributed by atoms with van der Waals surface area (Å²) in [6.07, 6.45) is -1.40. The zero-order chi connectivity index (χ0) is 36.3. The molecule has 8 rings (SSSR count). The van der Waals surface area contributed by atoms with E-state index in [-0.39, 0.29) is 33.9 Å². The third-order valence-electron chi connectivity index (χ3n) is 8.91. The average molecular weight is 742 g/mol. The van der Waals surface area contributed by atoms with Gasteiger partial charge in [-0.15, -0.1) is 26.6 Å². The highest BCUT2D eigenvalue weighted by Gasteiger charge is 2.52. The van der Waals surface area contributed by atoms with Crippen molar-refractivity contribution in [1.82, 2.24) is 30.2 Å². The fourth-order valence-corrected chi connectivity index (χ4v) is 8.60. The number of amides is 1. The minimum Gasteiger partial charge on any atom is -0.449 e. The predicted molar refractivity (Wildman–Crippen MR) is 198 cm³/mol. The van der Waals surface area contributed by atoms with Crippen LogP contribution in [0, 0.1) is 0 Å². The number of nitrogens with zero attached hydrogens (tertiary/aromatic N) is 6. The summed E-state index contributed by atoms with van der Waals surface area (Å²) in [6, 6.07) is 38.7. The van der Waals surface area contributed by atoms with Crippen LogP contribution in [0.25, 0.3) is 5.65 Å². The number of esters is 2. The van der Waals surface area contributed by atoms with E-state index in [0.717, 1.165) is 22.3 Å². The largest absolute Gasteiger partial charge is 0.449 e. The highest BCUT2D eigenvalue weighted by molar-refractivity contribution is 8.01. The number of rotatable bonds is 11. The monoisotopic (exact) mass is 741 g/mol. The standard InChI is InChI=1S/C39H31N7O5S2/c40-31-36(47)45-32(39(49)51-34(26-17-9-3-10-18-26)27-19-11-4-12-20-27)28(23-53-37(31)45)22-52-30-21-29(35-41-43-44-46(35)42-30)38(48)50-33(24-13-5-1-6-14-24)25-15-7-2-8-16-25/h1-21,31,33-34,37H,22-23,40H2/t31-,37-/m1/s1. The Morgan fingerprint density at radius 1 is 0.792 bits per heavy atom. The molecule has 2 aliphatic rings. The summed E-state index contributed by atoms with van der Waals surface area (Å²) < 4.78 is 13.5. The second-order valence-corrected chi connectivity index (χ2v) is 14.4. The molecule has 0 aliphatic carbocycles. The van der Waals surface area contributed by atoms with Gasteiger partial charge in [-0.05, 0) is 44.3 Å². The van der Waals surface area contributed by atoms with Crippen LogP contribution in [0.1, 0.15) is 44.8 Å². The third kappa shape index (κ3) is 6.91. The molecular weight excluding hydrogens is 711 g/mol. The Labute approximate surface area is 312 Å². The second kappa shape index (κ2) is 15.0. The normalized spacial score (nSPS) is 16.8. The summed E-state index contributed by atoms with van der Waals surface area (Å²) in [4.78, 5) is 42.7. The molecule has 2 aliphatic heterocycles. The molecule has 1 amide bonds. The van der Waals surface area contributed by atoms with Gasteiger partial charge in [0.2, 0.25) is 11.6 Å². The van der Waals surface area contributed by atoms with Crippen molar-refractivity contribution < 1.29 is 23.9 Å². The number of carbonyl (C=O) groups is 3. The number of aromatic nitrogens is 5. The third-order valence-corrected chi connectivity index (χ3v) is 11.3.